The van der Waals surface area contributed by atoms with Crippen molar-refractivity contribution in [3.63, 3.8) is 0 Å². The maximum absolute atomic E-state index is 16.0. The van der Waals surface area contributed by atoms with Crippen molar-refractivity contribution in [3.8, 4) is 17.2 Å². The van der Waals surface area contributed by atoms with Crippen LogP contribution in [0.15, 0.2) is 18.2 Å². The summed E-state index contributed by atoms with van der Waals surface area (Å²) in [6.07, 6.45) is 4.64. The predicted molar refractivity (Wildman–Crippen MR) is 131 cm³/mol. The van der Waals surface area contributed by atoms with Gasteiger partial charge in [0.15, 0.2) is 40.7 Å². The summed E-state index contributed by atoms with van der Waals surface area (Å²) >= 11 is 0. The Kier molecular flexibility index (Phi) is 8.26. The lowest BCUT2D eigenvalue weighted by Crippen LogP contribution is -2.26. The first kappa shape index (κ1) is 28.8. The van der Waals surface area contributed by atoms with Crippen LogP contribution in [0.25, 0.3) is 0 Å². The lowest BCUT2D eigenvalue weighted by Gasteiger charge is -2.24. The zero-order valence-corrected chi connectivity index (χ0v) is 21.1. The van der Waals surface area contributed by atoms with Gasteiger partial charge in [0.1, 0.15) is 22.9 Å². The number of phenols is 2. The van der Waals surface area contributed by atoms with Crippen molar-refractivity contribution < 1.29 is 50.9 Å². The Hall–Kier alpha value is -4.22. The number of fused-ring (bicyclic) bond motifs is 2. The number of ether oxygens (including phenoxy) is 1. The predicted octanol–water partition coefficient (Wildman–Crippen LogP) is 7.19. The van der Waals surface area contributed by atoms with Gasteiger partial charge in [-0.25, -0.2) is 26.3 Å². The van der Waals surface area contributed by atoms with E-state index in [0.717, 1.165) is 37.8 Å². The van der Waals surface area contributed by atoms with E-state index < -0.39 is 97.3 Å². The highest BCUT2D eigenvalue weighted by Crippen LogP contribution is 2.46. The van der Waals surface area contributed by atoms with Crippen molar-refractivity contribution in [2.45, 2.75) is 45.4 Å². The van der Waals surface area contributed by atoms with Crippen LogP contribution in [0, 0.1) is 34.9 Å². The van der Waals surface area contributed by atoms with Gasteiger partial charge in [-0.2, -0.15) is 0 Å². The van der Waals surface area contributed by atoms with Crippen molar-refractivity contribution in [2.24, 2.45) is 0 Å². The molecule has 0 fully saturated rings. The number of unbranched alkanes of at least 4 members (excludes halogenated alkanes) is 5. The minimum atomic E-state index is -1.98. The molecule has 0 aliphatic heterocycles. The summed E-state index contributed by atoms with van der Waals surface area (Å²) in [5, 5.41) is 22.1. The number of hydrogen-bond donors (Lipinski definition) is 3. The Labute approximate surface area is 224 Å². The molecule has 12 heteroatoms. The molecule has 40 heavy (non-hydrogen) atoms. The third-order valence-electron chi connectivity index (χ3n) is 6.51. The topological polar surface area (TPSA) is 95.9 Å². The first-order valence-electron chi connectivity index (χ1n) is 12.4. The molecule has 4 rings (SSSR count). The highest BCUT2D eigenvalue weighted by atomic mass is 19.2. The summed E-state index contributed by atoms with van der Waals surface area (Å²) in [5.41, 5.74) is -6.79. The normalized spacial score (nSPS) is 12.4. The van der Waals surface area contributed by atoms with Crippen LogP contribution in [-0.2, 0) is 0 Å². The van der Waals surface area contributed by atoms with E-state index in [9.17, 15) is 37.4 Å². The summed E-state index contributed by atoms with van der Waals surface area (Å²) < 4.78 is 93.8. The van der Waals surface area contributed by atoms with Gasteiger partial charge < -0.3 is 20.3 Å². The molecule has 0 amide bonds. The minimum absolute atomic E-state index is 0.0933. The Morgan fingerprint density at radius 3 is 1.73 bits per heavy atom. The smallest absolute Gasteiger partial charge is 0.201 e. The molecular weight excluding hydrogens is 544 g/mol. The van der Waals surface area contributed by atoms with Gasteiger partial charge in [0.2, 0.25) is 11.6 Å². The molecule has 0 unspecified atom stereocenters. The van der Waals surface area contributed by atoms with Crippen LogP contribution >= 0.6 is 0 Å². The molecule has 212 valence electrons. The fourth-order valence-corrected chi connectivity index (χ4v) is 4.50. The second kappa shape index (κ2) is 11.5. The molecule has 3 aromatic carbocycles. The highest BCUT2D eigenvalue weighted by Gasteiger charge is 2.42. The summed E-state index contributed by atoms with van der Waals surface area (Å²) in [5.74, 6) is -16.6. The number of nitrogens with one attached hydrogen (secondary N) is 1. The molecule has 0 atom stereocenters. The number of hydrogen-bond acceptors (Lipinski definition) is 6. The van der Waals surface area contributed by atoms with Crippen LogP contribution in [0.4, 0.5) is 37.7 Å². The second-order valence-electron chi connectivity index (χ2n) is 9.18. The molecule has 0 radical (unpaired) electrons. The number of benzene rings is 3. The molecule has 0 spiro atoms. The van der Waals surface area contributed by atoms with Gasteiger partial charge in [0, 0.05) is 6.07 Å². The number of aromatic hydroxyl groups is 2. The lowest BCUT2D eigenvalue weighted by atomic mass is 9.82. The van der Waals surface area contributed by atoms with Crippen molar-refractivity contribution >= 4 is 22.9 Å². The van der Waals surface area contributed by atoms with Crippen molar-refractivity contribution in [1.29, 1.82) is 0 Å². The number of phenolic OH excluding ortho intramolecular Hbond substituents is 2. The van der Waals surface area contributed by atoms with Gasteiger partial charge in [0.05, 0.1) is 28.9 Å². The summed E-state index contributed by atoms with van der Waals surface area (Å²) in [7, 11) is 0. The minimum Gasteiger partial charge on any atom is -0.507 e. The molecule has 1 aliphatic rings. The Balaban J connectivity index is 1.87. The SMILES string of the molecule is CCCCCCCCOc1c(F)c2c(c(F)c1Nc1c(F)c(F)cc(F)c1F)C(=O)c1c(O)ccc(O)c1C2=O. The van der Waals surface area contributed by atoms with Crippen LogP contribution < -0.4 is 10.1 Å². The van der Waals surface area contributed by atoms with Gasteiger partial charge in [-0.05, 0) is 18.6 Å². The van der Waals surface area contributed by atoms with Crippen molar-refractivity contribution in [1.82, 2.24) is 0 Å². The van der Waals surface area contributed by atoms with Crippen LogP contribution in [0.2, 0.25) is 0 Å². The summed E-state index contributed by atoms with van der Waals surface area (Å²) in [6, 6.07) is 1.62. The maximum Gasteiger partial charge on any atom is 0.201 e. The molecule has 3 N–H and O–H groups in total. The molecule has 0 saturated carbocycles. The van der Waals surface area contributed by atoms with Crippen LogP contribution in [0.3, 0.4) is 0 Å². The zero-order chi connectivity index (χ0) is 29.3. The van der Waals surface area contributed by atoms with Gasteiger partial charge in [0.25, 0.3) is 0 Å². The van der Waals surface area contributed by atoms with E-state index in [1.54, 1.807) is 5.32 Å². The maximum atomic E-state index is 16.0. The Bertz CT molecular complexity index is 1500. The molecule has 3 aromatic rings. The third-order valence-corrected chi connectivity index (χ3v) is 6.51. The van der Waals surface area contributed by atoms with Gasteiger partial charge in [-0.15, -0.1) is 0 Å². The molecule has 0 bridgehead atoms. The summed E-state index contributed by atoms with van der Waals surface area (Å²) in [4.78, 5) is 26.3. The van der Waals surface area contributed by atoms with E-state index in [2.05, 4.69) is 0 Å². The molecule has 0 saturated heterocycles. The lowest BCUT2D eigenvalue weighted by molar-refractivity contribution is 0.0966. The molecule has 6 nitrogen and oxygen atoms in total. The van der Waals surface area contributed by atoms with Crippen LogP contribution in [0.5, 0.6) is 17.2 Å². The molecule has 0 aromatic heterocycles. The van der Waals surface area contributed by atoms with E-state index in [4.69, 9.17) is 4.74 Å². The van der Waals surface area contributed by atoms with Gasteiger partial charge >= 0.3 is 0 Å². The average molecular weight is 567 g/mol. The highest BCUT2D eigenvalue weighted by molar-refractivity contribution is 6.31. The van der Waals surface area contributed by atoms with E-state index in [1.165, 1.54) is 0 Å². The number of carbonyl (C=O) groups is 2. The first-order chi connectivity index (χ1) is 19.0. The summed E-state index contributed by atoms with van der Waals surface area (Å²) in [6.45, 7) is 1.76. The number of anilines is 2. The van der Waals surface area contributed by atoms with Crippen LogP contribution in [-0.4, -0.2) is 28.4 Å². The van der Waals surface area contributed by atoms with E-state index in [1.807, 2.05) is 6.92 Å². The van der Waals surface area contributed by atoms with Crippen molar-refractivity contribution in [3.05, 3.63) is 75.4 Å². The van der Waals surface area contributed by atoms with Crippen molar-refractivity contribution in [2.75, 3.05) is 11.9 Å². The number of ketones is 2. The monoisotopic (exact) mass is 567 g/mol. The number of rotatable bonds is 10. The molecule has 1 aliphatic carbocycles. The van der Waals surface area contributed by atoms with E-state index in [0.29, 0.717) is 12.8 Å². The molecular formula is C28H23F6NO5. The average Bonchev–Trinajstić information content (AvgIpc) is 2.91. The van der Waals surface area contributed by atoms with E-state index in [-0.39, 0.29) is 12.7 Å². The standard InChI is InChI=1S/C28H23F6NO5/c1-2-3-4-5-6-7-10-40-28-23(34)19-18(26(38)16-14(36)8-9-15(37)17(16)27(19)39)22(33)25(28)35-24-20(31)12(29)11-13(30)21(24)32/h8-9,11,35-37H,2-7,10H2,1H3. The fourth-order valence-electron chi connectivity index (χ4n) is 4.50. The third kappa shape index (κ3) is 4.93. The van der Waals surface area contributed by atoms with Crippen LogP contribution in [0.1, 0.15) is 77.3 Å². The van der Waals surface area contributed by atoms with Gasteiger partial charge in [-0.1, -0.05) is 39.0 Å². The fraction of sp³-hybridized carbons (Fsp3) is 0.286. The molecule has 0 heterocycles. The Morgan fingerprint density at radius 1 is 0.675 bits per heavy atom. The first-order valence-corrected chi connectivity index (χ1v) is 12.4. The largest absolute Gasteiger partial charge is 0.507 e. The Morgan fingerprint density at radius 2 is 1.18 bits per heavy atom. The second-order valence-corrected chi connectivity index (χ2v) is 9.18. The van der Waals surface area contributed by atoms with Gasteiger partial charge in [-0.3, -0.25) is 9.59 Å². The quantitative estimate of drug-likeness (QED) is 0.0813. The zero-order valence-electron chi connectivity index (χ0n) is 21.1. The number of halogens is 6. The van der Waals surface area contributed by atoms with E-state index >= 15 is 8.78 Å². The number of carbonyl (C=O) groups excluding carboxylic acids is 2.